The highest BCUT2D eigenvalue weighted by Crippen LogP contribution is 2.33. The third-order valence-corrected chi connectivity index (χ3v) is 3.29. The van der Waals surface area contributed by atoms with Gasteiger partial charge in [0.1, 0.15) is 12.4 Å². The number of ether oxygens (including phenoxy) is 1. The van der Waals surface area contributed by atoms with Crippen molar-refractivity contribution >= 4 is 15.7 Å². The molecule has 0 saturated carbocycles. The number of benzene rings is 2. The highest BCUT2D eigenvalue weighted by Gasteiger charge is 2.13. The average molecular weight is 342 g/mol. The van der Waals surface area contributed by atoms with Crippen LogP contribution in [0.3, 0.4) is 0 Å². The van der Waals surface area contributed by atoms with Crippen LogP contribution in [-0.4, -0.2) is 14.7 Å². The summed E-state index contributed by atoms with van der Waals surface area (Å²) in [6, 6.07) is 6.88. The predicted molar refractivity (Wildman–Crippen MR) is 80.8 cm³/mol. The molecule has 0 heterocycles. The van der Waals surface area contributed by atoms with Gasteiger partial charge in [0.2, 0.25) is 10.0 Å². The number of nitrogens with one attached hydrogen (secondary N) is 1. The van der Waals surface area contributed by atoms with Gasteiger partial charge in [0.15, 0.2) is 17.3 Å². The standard InChI is InChI=1S/C14H12F2N2O4S/c1-23(20,21)18-12-4-2-9(8-17-19)6-14(12)22-13-5-3-10(15)7-11(13)16/h2-7,18H,8H2,1H3. The van der Waals surface area contributed by atoms with Crippen molar-refractivity contribution in [3.8, 4) is 11.5 Å². The second kappa shape index (κ2) is 6.69. The monoisotopic (exact) mass is 342 g/mol. The lowest BCUT2D eigenvalue weighted by molar-refractivity contribution is 0.439. The molecule has 0 saturated heterocycles. The van der Waals surface area contributed by atoms with Crippen molar-refractivity contribution in [2.24, 2.45) is 5.18 Å². The minimum Gasteiger partial charge on any atom is -0.452 e. The highest BCUT2D eigenvalue weighted by molar-refractivity contribution is 7.92. The summed E-state index contributed by atoms with van der Waals surface area (Å²) in [5, 5.41) is 2.72. The Morgan fingerprint density at radius 2 is 1.87 bits per heavy atom. The lowest BCUT2D eigenvalue weighted by atomic mass is 10.2. The molecule has 0 aliphatic heterocycles. The molecular formula is C14H12F2N2O4S. The normalized spacial score (nSPS) is 11.1. The first kappa shape index (κ1) is 16.8. The third kappa shape index (κ3) is 4.71. The average Bonchev–Trinajstić information content (AvgIpc) is 2.43. The molecule has 2 aromatic carbocycles. The summed E-state index contributed by atoms with van der Waals surface area (Å²) >= 11 is 0. The van der Waals surface area contributed by atoms with Crippen molar-refractivity contribution in [3.05, 3.63) is 58.5 Å². The molecule has 0 bridgehead atoms. The van der Waals surface area contributed by atoms with Crippen LogP contribution in [0.1, 0.15) is 5.56 Å². The van der Waals surface area contributed by atoms with Crippen molar-refractivity contribution in [1.82, 2.24) is 0 Å². The zero-order chi connectivity index (χ0) is 17.0. The van der Waals surface area contributed by atoms with Crippen LogP contribution >= 0.6 is 0 Å². The van der Waals surface area contributed by atoms with E-state index >= 15 is 0 Å². The van der Waals surface area contributed by atoms with Gasteiger partial charge in [0.25, 0.3) is 0 Å². The fourth-order valence-electron chi connectivity index (χ4n) is 1.78. The van der Waals surface area contributed by atoms with Gasteiger partial charge in [-0.05, 0) is 29.8 Å². The van der Waals surface area contributed by atoms with E-state index < -0.39 is 21.7 Å². The van der Waals surface area contributed by atoms with Crippen molar-refractivity contribution < 1.29 is 21.9 Å². The number of anilines is 1. The largest absolute Gasteiger partial charge is 0.452 e. The van der Waals surface area contributed by atoms with Gasteiger partial charge in [-0.1, -0.05) is 11.2 Å². The van der Waals surface area contributed by atoms with E-state index in [-0.39, 0.29) is 23.7 Å². The molecule has 122 valence electrons. The van der Waals surface area contributed by atoms with E-state index in [0.717, 1.165) is 18.4 Å². The molecule has 23 heavy (non-hydrogen) atoms. The molecule has 0 amide bonds. The Balaban J connectivity index is 2.43. The first-order valence-electron chi connectivity index (χ1n) is 6.31. The predicted octanol–water partition coefficient (Wildman–Crippen LogP) is 3.40. The Bertz CT molecular complexity index is 841. The number of nitroso groups, excluding NO2 is 1. The maximum Gasteiger partial charge on any atom is 0.229 e. The Morgan fingerprint density at radius 1 is 1.13 bits per heavy atom. The van der Waals surface area contributed by atoms with Crippen LogP contribution in [-0.2, 0) is 16.6 Å². The molecule has 9 heteroatoms. The van der Waals surface area contributed by atoms with E-state index in [2.05, 4.69) is 9.90 Å². The van der Waals surface area contributed by atoms with Crippen molar-refractivity contribution in [3.63, 3.8) is 0 Å². The first-order valence-corrected chi connectivity index (χ1v) is 8.20. The maximum absolute atomic E-state index is 13.7. The molecule has 0 aliphatic carbocycles. The SMILES string of the molecule is CS(=O)(=O)Nc1ccc(CN=O)cc1Oc1ccc(F)cc1F. The second-order valence-corrected chi connectivity index (χ2v) is 6.42. The number of nitrogens with zero attached hydrogens (tertiary/aromatic N) is 1. The molecule has 0 fully saturated rings. The van der Waals surface area contributed by atoms with Gasteiger partial charge in [-0.2, -0.15) is 4.91 Å². The molecule has 0 spiro atoms. The molecule has 6 nitrogen and oxygen atoms in total. The maximum atomic E-state index is 13.7. The Hall–Kier alpha value is -2.55. The van der Waals surface area contributed by atoms with Gasteiger partial charge in [0.05, 0.1) is 11.9 Å². The van der Waals surface area contributed by atoms with Crippen LogP contribution in [0, 0.1) is 16.5 Å². The Kier molecular flexibility index (Phi) is 4.89. The molecule has 2 aromatic rings. The summed E-state index contributed by atoms with van der Waals surface area (Å²) in [5.41, 5.74) is 0.488. The molecule has 2 rings (SSSR count). The van der Waals surface area contributed by atoms with E-state index in [1.807, 2.05) is 0 Å². The van der Waals surface area contributed by atoms with Gasteiger partial charge in [0, 0.05) is 6.07 Å². The molecule has 0 aromatic heterocycles. The molecule has 0 radical (unpaired) electrons. The fourth-order valence-corrected chi connectivity index (χ4v) is 2.35. The van der Waals surface area contributed by atoms with Gasteiger partial charge in [-0.15, -0.1) is 0 Å². The fraction of sp³-hybridized carbons (Fsp3) is 0.143. The molecule has 0 aliphatic rings. The number of halogens is 2. The number of hydrogen-bond donors (Lipinski definition) is 1. The second-order valence-electron chi connectivity index (χ2n) is 4.67. The lowest BCUT2D eigenvalue weighted by Gasteiger charge is -2.13. The van der Waals surface area contributed by atoms with Gasteiger partial charge in [-0.3, -0.25) is 4.72 Å². The summed E-state index contributed by atoms with van der Waals surface area (Å²) in [4.78, 5) is 10.3. The van der Waals surface area contributed by atoms with E-state index in [0.29, 0.717) is 11.6 Å². The van der Waals surface area contributed by atoms with Gasteiger partial charge in [-0.25, -0.2) is 17.2 Å². The molecular weight excluding hydrogens is 330 g/mol. The molecule has 1 N–H and O–H groups in total. The topological polar surface area (TPSA) is 84.8 Å². The van der Waals surface area contributed by atoms with Crippen LogP contribution in [0.4, 0.5) is 14.5 Å². The van der Waals surface area contributed by atoms with Crippen LogP contribution in [0.25, 0.3) is 0 Å². The Labute approximate surface area is 131 Å². The zero-order valence-corrected chi connectivity index (χ0v) is 12.7. The molecule has 0 atom stereocenters. The third-order valence-electron chi connectivity index (χ3n) is 2.70. The quantitative estimate of drug-likeness (QED) is 0.816. The number of hydrogen-bond acceptors (Lipinski definition) is 5. The van der Waals surface area contributed by atoms with Crippen molar-refractivity contribution in [2.45, 2.75) is 6.54 Å². The van der Waals surface area contributed by atoms with Gasteiger partial charge >= 0.3 is 0 Å². The van der Waals surface area contributed by atoms with E-state index in [1.165, 1.54) is 18.2 Å². The number of sulfonamides is 1. The smallest absolute Gasteiger partial charge is 0.229 e. The summed E-state index contributed by atoms with van der Waals surface area (Å²) in [6.07, 6.45) is 0.941. The van der Waals surface area contributed by atoms with Crippen LogP contribution < -0.4 is 9.46 Å². The van der Waals surface area contributed by atoms with Crippen molar-refractivity contribution in [2.75, 3.05) is 11.0 Å². The summed E-state index contributed by atoms with van der Waals surface area (Å²) < 4.78 is 56.9. The van der Waals surface area contributed by atoms with Gasteiger partial charge < -0.3 is 4.74 Å². The van der Waals surface area contributed by atoms with E-state index in [1.54, 1.807) is 0 Å². The zero-order valence-electron chi connectivity index (χ0n) is 11.9. The van der Waals surface area contributed by atoms with Crippen LogP contribution in [0.2, 0.25) is 0 Å². The summed E-state index contributed by atoms with van der Waals surface area (Å²) in [6.45, 7) is -0.165. The first-order chi connectivity index (χ1) is 10.8. The minimum atomic E-state index is -3.60. The lowest BCUT2D eigenvalue weighted by Crippen LogP contribution is -2.10. The van der Waals surface area contributed by atoms with Crippen LogP contribution in [0.5, 0.6) is 11.5 Å². The summed E-state index contributed by atoms with van der Waals surface area (Å²) in [7, 11) is -3.60. The Morgan fingerprint density at radius 3 is 2.48 bits per heavy atom. The van der Waals surface area contributed by atoms with E-state index in [4.69, 9.17) is 4.74 Å². The van der Waals surface area contributed by atoms with E-state index in [9.17, 15) is 22.1 Å². The van der Waals surface area contributed by atoms with Crippen LogP contribution in [0.15, 0.2) is 41.6 Å². The van der Waals surface area contributed by atoms with Crippen molar-refractivity contribution in [1.29, 1.82) is 0 Å². The summed E-state index contributed by atoms with van der Waals surface area (Å²) in [5.74, 6) is -2.06. The number of rotatable bonds is 6. The molecule has 0 unspecified atom stereocenters. The minimum absolute atomic E-state index is 0.0397. The highest BCUT2D eigenvalue weighted by atomic mass is 32.2.